The summed E-state index contributed by atoms with van der Waals surface area (Å²) in [5.41, 5.74) is 2.29. The van der Waals surface area contributed by atoms with E-state index in [9.17, 15) is 9.59 Å². The van der Waals surface area contributed by atoms with Gasteiger partial charge in [-0.15, -0.1) is 0 Å². The normalized spacial score (nSPS) is 13.8. The molecule has 2 rings (SSSR count). The summed E-state index contributed by atoms with van der Waals surface area (Å²) in [7, 11) is 0. The van der Waals surface area contributed by atoms with Gasteiger partial charge < -0.3 is 15.3 Å². The van der Waals surface area contributed by atoms with Crippen LogP contribution < -0.4 is 10.2 Å². The molecule has 0 aliphatic carbocycles. The lowest BCUT2D eigenvalue weighted by Crippen LogP contribution is -2.39. The van der Waals surface area contributed by atoms with Gasteiger partial charge in [-0.05, 0) is 43.5 Å². The minimum Gasteiger partial charge on any atom is -0.478 e. The van der Waals surface area contributed by atoms with Crippen LogP contribution in [0.3, 0.4) is 0 Å². The lowest BCUT2D eigenvalue weighted by atomic mass is 9.99. The predicted molar refractivity (Wildman–Crippen MR) is 72.6 cm³/mol. The largest absolute Gasteiger partial charge is 0.478 e. The summed E-state index contributed by atoms with van der Waals surface area (Å²) in [6.07, 6.45) is 1.80. The monoisotopic (exact) mass is 262 g/mol. The molecule has 1 amide bonds. The van der Waals surface area contributed by atoms with Crippen molar-refractivity contribution in [1.82, 2.24) is 5.32 Å². The number of rotatable bonds is 4. The Balaban J connectivity index is 2.20. The number of nitrogens with zero attached hydrogens (tertiary/aromatic N) is 1. The fraction of sp³-hybridized carbons (Fsp3) is 0.429. The quantitative estimate of drug-likeness (QED) is 0.857. The van der Waals surface area contributed by atoms with Crippen LogP contribution in [0.15, 0.2) is 18.2 Å². The zero-order valence-electron chi connectivity index (χ0n) is 11.0. The topological polar surface area (TPSA) is 69.6 Å². The van der Waals surface area contributed by atoms with E-state index in [0.717, 1.165) is 30.6 Å². The maximum Gasteiger partial charge on any atom is 0.335 e. The van der Waals surface area contributed by atoms with Crippen LogP contribution in [0.4, 0.5) is 5.69 Å². The fourth-order valence-electron chi connectivity index (χ4n) is 2.40. The van der Waals surface area contributed by atoms with Gasteiger partial charge >= 0.3 is 5.97 Å². The number of benzene rings is 1. The maximum atomic E-state index is 11.6. The molecule has 1 aliphatic rings. The second-order valence-electron chi connectivity index (χ2n) is 4.63. The van der Waals surface area contributed by atoms with Gasteiger partial charge in [0.05, 0.1) is 12.1 Å². The van der Waals surface area contributed by atoms with Gasteiger partial charge in [0.2, 0.25) is 5.91 Å². The van der Waals surface area contributed by atoms with E-state index in [4.69, 9.17) is 5.11 Å². The van der Waals surface area contributed by atoms with Crippen molar-refractivity contribution in [3.63, 3.8) is 0 Å². The van der Waals surface area contributed by atoms with Gasteiger partial charge in [-0.1, -0.05) is 0 Å². The third-order valence-corrected chi connectivity index (χ3v) is 3.25. The molecule has 1 heterocycles. The summed E-state index contributed by atoms with van der Waals surface area (Å²) in [5.74, 6) is -0.915. The molecule has 0 unspecified atom stereocenters. The van der Waals surface area contributed by atoms with Crippen molar-refractivity contribution in [1.29, 1.82) is 0 Å². The zero-order valence-corrected chi connectivity index (χ0v) is 11.0. The smallest absolute Gasteiger partial charge is 0.335 e. The van der Waals surface area contributed by atoms with Crippen LogP contribution in [0.2, 0.25) is 0 Å². The predicted octanol–water partition coefficient (Wildman–Crippen LogP) is 1.27. The Morgan fingerprint density at radius 3 is 2.89 bits per heavy atom. The maximum absolute atomic E-state index is 11.6. The van der Waals surface area contributed by atoms with Crippen molar-refractivity contribution in [2.75, 3.05) is 24.5 Å². The second-order valence-corrected chi connectivity index (χ2v) is 4.63. The van der Waals surface area contributed by atoms with Crippen molar-refractivity contribution in [3.8, 4) is 0 Å². The molecule has 0 saturated heterocycles. The van der Waals surface area contributed by atoms with Gasteiger partial charge in [0.25, 0.3) is 0 Å². The Labute approximate surface area is 112 Å². The Kier molecular flexibility index (Phi) is 4.04. The summed E-state index contributed by atoms with van der Waals surface area (Å²) in [5, 5.41) is 11.8. The molecule has 0 aromatic heterocycles. The van der Waals surface area contributed by atoms with Crippen LogP contribution in [0, 0.1) is 0 Å². The standard InChI is InChI=1S/C14H18N2O3/c1-2-15-13(17)9-16-7-3-4-10-8-11(14(18)19)5-6-12(10)16/h5-6,8H,2-4,7,9H2,1H3,(H,15,17)(H,18,19). The number of carboxylic acid groups (broad SMARTS) is 1. The summed E-state index contributed by atoms with van der Waals surface area (Å²) in [6.45, 7) is 3.67. The number of carbonyl (C=O) groups is 2. The molecular weight excluding hydrogens is 244 g/mol. The minimum absolute atomic E-state index is 0.00217. The van der Waals surface area contributed by atoms with Crippen LogP contribution in [-0.2, 0) is 11.2 Å². The first-order valence-corrected chi connectivity index (χ1v) is 6.49. The SMILES string of the molecule is CCNC(=O)CN1CCCc2cc(C(=O)O)ccc21. The molecule has 102 valence electrons. The summed E-state index contributed by atoms with van der Waals surface area (Å²) in [6, 6.07) is 5.11. The van der Waals surface area contributed by atoms with E-state index in [2.05, 4.69) is 5.32 Å². The number of aromatic carboxylic acids is 1. The van der Waals surface area contributed by atoms with E-state index >= 15 is 0 Å². The van der Waals surface area contributed by atoms with Crippen LogP contribution in [-0.4, -0.2) is 36.6 Å². The Hall–Kier alpha value is -2.04. The van der Waals surface area contributed by atoms with Gasteiger partial charge in [0, 0.05) is 18.8 Å². The summed E-state index contributed by atoms with van der Waals surface area (Å²) >= 11 is 0. The van der Waals surface area contributed by atoms with Crippen molar-refractivity contribution >= 4 is 17.6 Å². The van der Waals surface area contributed by atoms with Gasteiger partial charge in [0.15, 0.2) is 0 Å². The fourth-order valence-corrected chi connectivity index (χ4v) is 2.40. The summed E-state index contributed by atoms with van der Waals surface area (Å²) < 4.78 is 0. The first kappa shape index (κ1) is 13.4. The molecule has 2 N–H and O–H groups in total. The summed E-state index contributed by atoms with van der Waals surface area (Å²) in [4.78, 5) is 24.6. The van der Waals surface area contributed by atoms with Crippen molar-refractivity contribution < 1.29 is 14.7 Å². The van der Waals surface area contributed by atoms with Crippen LogP contribution in [0.5, 0.6) is 0 Å². The molecule has 0 atom stereocenters. The van der Waals surface area contributed by atoms with Gasteiger partial charge in [-0.25, -0.2) is 4.79 Å². The number of aryl methyl sites for hydroxylation is 1. The highest BCUT2D eigenvalue weighted by atomic mass is 16.4. The lowest BCUT2D eigenvalue weighted by molar-refractivity contribution is -0.119. The van der Waals surface area contributed by atoms with E-state index in [1.165, 1.54) is 0 Å². The lowest BCUT2D eigenvalue weighted by Gasteiger charge is -2.30. The number of carbonyl (C=O) groups excluding carboxylic acids is 1. The second kappa shape index (κ2) is 5.73. The Morgan fingerprint density at radius 2 is 2.21 bits per heavy atom. The van der Waals surface area contributed by atoms with Crippen LogP contribution >= 0.6 is 0 Å². The van der Waals surface area contributed by atoms with E-state index in [1.807, 2.05) is 11.8 Å². The van der Waals surface area contributed by atoms with E-state index in [-0.39, 0.29) is 5.91 Å². The van der Waals surface area contributed by atoms with E-state index in [0.29, 0.717) is 18.7 Å². The van der Waals surface area contributed by atoms with E-state index < -0.39 is 5.97 Å². The highest BCUT2D eigenvalue weighted by molar-refractivity contribution is 5.89. The first-order chi connectivity index (χ1) is 9.11. The van der Waals surface area contributed by atoms with E-state index in [1.54, 1.807) is 18.2 Å². The first-order valence-electron chi connectivity index (χ1n) is 6.49. The van der Waals surface area contributed by atoms with Gasteiger partial charge in [-0.3, -0.25) is 4.79 Å². The highest BCUT2D eigenvalue weighted by Gasteiger charge is 2.20. The Bertz CT molecular complexity index is 499. The molecule has 0 radical (unpaired) electrons. The van der Waals surface area contributed by atoms with Crippen molar-refractivity contribution in [3.05, 3.63) is 29.3 Å². The average molecular weight is 262 g/mol. The van der Waals surface area contributed by atoms with Crippen molar-refractivity contribution in [2.24, 2.45) is 0 Å². The van der Waals surface area contributed by atoms with Crippen LogP contribution in [0.1, 0.15) is 29.3 Å². The molecule has 5 heteroatoms. The van der Waals surface area contributed by atoms with Gasteiger partial charge in [0.1, 0.15) is 0 Å². The van der Waals surface area contributed by atoms with Crippen molar-refractivity contribution in [2.45, 2.75) is 19.8 Å². The number of hydrogen-bond donors (Lipinski definition) is 2. The molecule has 1 aliphatic heterocycles. The molecular formula is C14H18N2O3. The number of likely N-dealkylation sites (N-methyl/N-ethyl adjacent to an activating group) is 1. The number of carboxylic acids is 1. The third kappa shape index (κ3) is 3.05. The zero-order chi connectivity index (χ0) is 13.8. The minimum atomic E-state index is -0.913. The third-order valence-electron chi connectivity index (χ3n) is 3.25. The molecule has 1 aromatic carbocycles. The number of fused-ring (bicyclic) bond motifs is 1. The highest BCUT2D eigenvalue weighted by Crippen LogP contribution is 2.27. The number of nitrogens with one attached hydrogen (secondary N) is 1. The van der Waals surface area contributed by atoms with Crippen LogP contribution in [0.25, 0.3) is 0 Å². The molecule has 0 saturated carbocycles. The molecule has 5 nitrogen and oxygen atoms in total. The van der Waals surface area contributed by atoms with Gasteiger partial charge in [-0.2, -0.15) is 0 Å². The Morgan fingerprint density at radius 1 is 1.42 bits per heavy atom. The molecule has 1 aromatic rings. The molecule has 19 heavy (non-hydrogen) atoms. The molecule has 0 bridgehead atoms. The number of amides is 1. The number of hydrogen-bond acceptors (Lipinski definition) is 3. The number of anilines is 1. The molecule has 0 fully saturated rings. The molecule has 0 spiro atoms. The average Bonchev–Trinajstić information content (AvgIpc) is 2.38.